The van der Waals surface area contributed by atoms with E-state index < -0.39 is 27.0 Å². The highest BCUT2D eigenvalue weighted by Crippen LogP contribution is 2.39. The number of nitrogens with zero attached hydrogens (tertiary/aromatic N) is 6. The van der Waals surface area contributed by atoms with Gasteiger partial charge in [0.2, 0.25) is 10.0 Å². The van der Waals surface area contributed by atoms with Gasteiger partial charge in [-0.2, -0.15) is 9.98 Å². The Morgan fingerprint density at radius 2 is 2.09 bits per heavy atom. The Morgan fingerprint density at radius 1 is 1.29 bits per heavy atom. The van der Waals surface area contributed by atoms with Crippen molar-refractivity contribution in [3.05, 3.63) is 23.5 Å². The Labute approximate surface area is 203 Å². The maximum atomic E-state index is 13.3. The van der Waals surface area contributed by atoms with Gasteiger partial charge in [0.25, 0.3) is 6.43 Å². The van der Waals surface area contributed by atoms with Crippen LogP contribution in [0.1, 0.15) is 30.7 Å². The topological polar surface area (TPSA) is 126 Å². The summed E-state index contributed by atoms with van der Waals surface area (Å²) < 4.78 is 62.6. The Kier molecular flexibility index (Phi) is 5.29. The minimum Gasteiger partial charge on any atom is -0.381 e. The van der Waals surface area contributed by atoms with Crippen LogP contribution in [0.4, 0.5) is 14.5 Å². The fourth-order valence-electron chi connectivity index (χ4n) is 4.77. The summed E-state index contributed by atoms with van der Waals surface area (Å²) >= 11 is 0.733. The molecule has 0 radical (unpaired) electrons. The lowest BCUT2D eigenvalue weighted by Crippen LogP contribution is -2.40. The van der Waals surface area contributed by atoms with Crippen LogP contribution >= 0.6 is 11.3 Å². The Morgan fingerprint density at radius 3 is 2.80 bits per heavy atom. The van der Waals surface area contributed by atoms with E-state index in [4.69, 9.17) is 4.74 Å². The monoisotopic (exact) mass is 521 g/mol. The first kappa shape index (κ1) is 22.7. The molecule has 3 aromatic heterocycles. The number of pyridine rings is 1. The molecule has 35 heavy (non-hydrogen) atoms. The highest BCUT2D eigenvalue weighted by atomic mass is 32.2. The molecule has 0 bridgehead atoms. The third kappa shape index (κ3) is 3.96. The lowest BCUT2D eigenvalue weighted by molar-refractivity contribution is 0.150. The summed E-state index contributed by atoms with van der Waals surface area (Å²) in [6, 6.07) is 3.61. The van der Waals surface area contributed by atoms with E-state index in [1.54, 1.807) is 10.5 Å². The number of hydrogen-bond donors (Lipinski definition) is 1. The van der Waals surface area contributed by atoms with Crippen LogP contribution in [-0.4, -0.2) is 59.8 Å². The second-order valence-corrected chi connectivity index (χ2v) is 11.9. The quantitative estimate of drug-likeness (QED) is 0.525. The van der Waals surface area contributed by atoms with Crippen molar-refractivity contribution in [3.8, 4) is 16.8 Å². The molecule has 0 unspecified atom stereocenters. The number of halogens is 2. The van der Waals surface area contributed by atoms with Gasteiger partial charge in [-0.1, -0.05) is 11.3 Å². The van der Waals surface area contributed by atoms with Crippen LogP contribution in [0.5, 0.6) is 0 Å². The van der Waals surface area contributed by atoms with Crippen molar-refractivity contribution in [2.24, 2.45) is 11.8 Å². The fourth-order valence-corrected chi connectivity index (χ4v) is 6.86. The second-order valence-electron chi connectivity index (χ2n) is 9.24. The zero-order valence-electron chi connectivity index (χ0n) is 18.4. The van der Waals surface area contributed by atoms with E-state index in [2.05, 4.69) is 24.8 Å². The molecule has 3 fully saturated rings. The predicted molar refractivity (Wildman–Crippen MR) is 122 cm³/mol. The molecule has 5 heterocycles. The van der Waals surface area contributed by atoms with Gasteiger partial charge in [0, 0.05) is 31.8 Å². The Balaban J connectivity index is 1.47. The number of rotatable bonds is 6. The molecule has 6 rings (SSSR count). The summed E-state index contributed by atoms with van der Waals surface area (Å²) in [6.07, 6.45) is 1.93. The molecule has 2 saturated heterocycles. The van der Waals surface area contributed by atoms with E-state index >= 15 is 0 Å². The zero-order valence-corrected chi connectivity index (χ0v) is 20.0. The van der Waals surface area contributed by atoms with Gasteiger partial charge in [-0.25, -0.2) is 22.2 Å². The number of imidazole rings is 1. The molecule has 1 N–H and O–H groups in total. The summed E-state index contributed by atoms with van der Waals surface area (Å²) in [6.45, 7) is 2.79. The highest BCUT2D eigenvalue weighted by molar-refractivity contribution is 7.89. The molecular formula is C21H21F2N7O3S2. The van der Waals surface area contributed by atoms with Crippen LogP contribution in [0.2, 0.25) is 0 Å². The molecule has 14 heteroatoms. The number of alkyl halides is 2. The number of anilines is 1. The number of ether oxygens (including phenoxy) is 1. The molecule has 0 spiro atoms. The van der Waals surface area contributed by atoms with E-state index in [-0.39, 0.29) is 9.90 Å². The summed E-state index contributed by atoms with van der Waals surface area (Å²) in [4.78, 5) is 6.57. The summed E-state index contributed by atoms with van der Waals surface area (Å²) in [5.41, 5.74) is 0.385. The van der Waals surface area contributed by atoms with Crippen molar-refractivity contribution in [1.29, 1.82) is 5.26 Å². The highest BCUT2D eigenvalue weighted by Gasteiger charge is 2.47. The van der Waals surface area contributed by atoms with Gasteiger partial charge in [0.15, 0.2) is 15.7 Å². The lowest BCUT2D eigenvalue weighted by atomic mass is 9.88. The molecule has 2 atom stereocenters. The minimum atomic E-state index is -4.05. The van der Waals surface area contributed by atoms with Crippen LogP contribution in [0.25, 0.3) is 16.3 Å². The van der Waals surface area contributed by atoms with Crippen LogP contribution in [0, 0.1) is 23.2 Å². The van der Waals surface area contributed by atoms with E-state index in [9.17, 15) is 22.5 Å². The van der Waals surface area contributed by atoms with Crippen LogP contribution in [-0.2, 0) is 14.8 Å². The normalized spacial score (nSPS) is 23.5. The van der Waals surface area contributed by atoms with Gasteiger partial charge in [0.1, 0.15) is 16.1 Å². The van der Waals surface area contributed by atoms with Crippen molar-refractivity contribution in [2.45, 2.75) is 36.1 Å². The number of fused-ring (bicyclic) bond motifs is 2. The molecule has 1 saturated carbocycles. The van der Waals surface area contributed by atoms with Gasteiger partial charge in [-0.3, -0.25) is 4.40 Å². The first-order valence-electron chi connectivity index (χ1n) is 11.2. The number of nitriles is 1. The Hall–Kier alpha value is -2.73. The van der Waals surface area contributed by atoms with Crippen LogP contribution in [0.3, 0.4) is 0 Å². The van der Waals surface area contributed by atoms with Gasteiger partial charge in [-0.05, 0) is 31.2 Å². The number of sulfonamides is 1. The predicted octanol–water partition coefficient (Wildman–Crippen LogP) is 2.60. The van der Waals surface area contributed by atoms with Crippen molar-refractivity contribution < 1.29 is 21.9 Å². The first-order valence-corrected chi connectivity index (χ1v) is 13.5. The zero-order chi connectivity index (χ0) is 24.4. The van der Waals surface area contributed by atoms with Gasteiger partial charge >= 0.3 is 0 Å². The molecule has 3 aliphatic rings. The molecule has 2 aliphatic heterocycles. The van der Waals surface area contributed by atoms with Crippen LogP contribution in [0.15, 0.2) is 23.4 Å². The third-order valence-electron chi connectivity index (χ3n) is 6.91. The fraction of sp³-hybridized carbons (Fsp3) is 0.524. The van der Waals surface area contributed by atoms with E-state index in [1.807, 2.05) is 6.07 Å². The van der Waals surface area contributed by atoms with E-state index in [0.717, 1.165) is 24.4 Å². The van der Waals surface area contributed by atoms with Crippen molar-refractivity contribution >= 4 is 32.7 Å². The van der Waals surface area contributed by atoms with Gasteiger partial charge in [0.05, 0.1) is 24.6 Å². The standard InChI is InChI=1S/C21H21F2N7O3S2/c22-17(23)20-27-26-19(34-20)16-6-25-18-15(29-4-1-12-9-33-10-13(12)7-29)5-14(8-30(16)18)35(31,32)28-21(11-24)2-3-21/h5-6,8,12-13,17,28H,1-4,7,9-10H2/t12-,13-/m1/s1. The number of piperidine rings is 1. The smallest absolute Gasteiger partial charge is 0.291 e. The average Bonchev–Trinajstić information content (AvgIpc) is 3.24. The van der Waals surface area contributed by atoms with Gasteiger partial charge < -0.3 is 9.64 Å². The molecule has 10 nitrogen and oxygen atoms in total. The van der Waals surface area contributed by atoms with E-state index in [1.165, 1.54) is 12.4 Å². The summed E-state index contributed by atoms with van der Waals surface area (Å²) in [7, 11) is -4.05. The molecular weight excluding hydrogens is 500 g/mol. The summed E-state index contributed by atoms with van der Waals surface area (Å²) in [5, 5.41) is 16.6. The minimum absolute atomic E-state index is 0.0378. The number of hydrogen-bond acceptors (Lipinski definition) is 9. The largest absolute Gasteiger partial charge is 0.381 e. The lowest BCUT2D eigenvalue weighted by Gasteiger charge is -2.35. The van der Waals surface area contributed by atoms with Gasteiger partial charge in [-0.15, -0.1) is 10.2 Å². The maximum Gasteiger partial charge on any atom is 0.291 e. The van der Waals surface area contributed by atoms with Crippen molar-refractivity contribution in [2.75, 3.05) is 31.2 Å². The van der Waals surface area contributed by atoms with Crippen molar-refractivity contribution in [3.63, 3.8) is 0 Å². The van der Waals surface area contributed by atoms with Crippen molar-refractivity contribution in [1.82, 2.24) is 24.3 Å². The summed E-state index contributed by atoms with van der Waals surface area (Å²) in [5.74, 6) is 0.812. The maximum absolute atomic E-state index is 13.3. The average molecular weight is 522 g/mol. The molecule has 0 aromatic carbocycles. The second kappa shape index (κ2) is 8.16. The molecule has 1 aliphatic carbocycles. The molecule has 0 amide bonds. The third-order valence-corrected chi connectivity index (χ3v) is 9.36. The molecule has 3 aromatic rings. The Bertz CT molecular complexity index is 1440. The van der Waals surface area contributed by atoms with E-state index in [0.29, 0.717) is 61.4 Å². The molecule has 184 valence electrons. The number of aromatic nitrogens is 4. The van der Waals surface area contributed by atoms with Crippen LogP contribution < -0.4 is 9.62 Å². The number of nitrogens with one attached hydrogen (secondary N) is 1. The first-order chi connectivity index (χ1) is 16.8. The SMILES string of the molecule is N#CC1(NS(=O)(=O)c2cc(N3CC[C@@H]4COC[C@H]4C3)c3ncc(-c4nnc(C(F)F)s4)n3c2)CC1.